The lowest BCUT2D eigenvalue weighted by atomic mass is 10.1. The zero-order valence-electron chi connectivity index (χ0n) is 14.3. The average Bonchev–Trinajstić information content (AvgIpc) is 3.20. The number of ether oxygens (including phenoxy) is 1. The first-order chi connectivity index (χ1) is 12.5. The Kier molecular flexibility index (Phi) is 3.93. The van der Waals surface area contributed by atoms with Crippen molar-refractivity contribution in [3.8, 4) is 22.8 Å². The monoisotopic (exact) mass is 364 g/mol. The number of nitrogens with two attached hydrogens (primary N) is 1. The molecule has 1 amide bonds. The van der Waals surface area contributed by atoms with Crippen LogP contribution in [0.15, 0.2) is 49.2 Å². The highest BCUT2D eigenvalue weighted by Crippen LogP contribution is 2.38. The van der Waals surface area contributed by atoms with Crippen molar-refractivity contribution >= 4 is 27.3 Å². The topological polar surface area (TPSA) is 83.0 Å². The third kappa shape index (κ3) is 2.72. The molecule has 4 aromatic rings. The molecule has 0 aliphatic carbocycles. The van der Waals surface area contributed by atoms with Gasteiger partial charge in [-0.15, -0.1) is 11.3 Å². The number of primary amides is 1. The highest BCUT2D eigenvalue weighted by Gasteiger charge is 2.17. The molecule has 0 aliphatic heterocycles. The molecule has 26 heavy (non-hydrogen) atoms. The number of amides is 1. The van der Waals surface area contributed by atoms with E-state index in [1.807, 2.05) is 49.0 Å². The third-order valence-electron chi connectivity index (χ3n) is 4.22. The van der Waals surface area contributed by atoms with Gasteiger partial charge in [0.2, 0.25) is 0 Å². The number of aromatic nitrogens is 3. The number of thiophene rings is 1. The summed E-state index contributed by atoms with van der Waals surface area (Å²) in [5, 5.41) is 0.870. The number of carbonyl (C=O) groups is 1. The first kappa shape index (κ1) is 16.3. The molecule has 4 rings (SSSR count). The lowest BCUT2D eigenvalue weighted by Gasteiger charge is -2.09. The Morgan fingerprint density at radius 2 is 1.92 bits per heavy atom. The van der Waals surface area contributed by atoms with Crippen LogP contribution in [0.2, 0.25) is 0 Å². The molecule has 6 nitrogen and oxygen atoms in total. The smallest absolute Gasteiger partial charge is 0.259 e. The molecule has 2 N–H and O–H groups in total. The highest BCUT2D eigenvalue weighted by atomic mass is 32.1. The molecular formula is C19H16N4O2S. The van der Waals surface area contributed by atoms with Crippen LogP contribution < -0.4 is 10.5 Å². The minimum Gasteiger partial charge on any atom is -0.455 e. The van der Waals surface area contributed by atoms with Crippen molar-refractivity contribution in [2.75, 3.05) is 0 Å². The molecule has 3 heterocycles. The fraction of sp³-hybridized carbons (Fsp3) is 0.105. The van der Waals surface area contributed by atoms with Crippen molar-refractivity contribution in [2.45, 2.75) is 6.92 Å². The summed E-state index contributed by atoms with van der Waals surface area (Å²) in [6.45, 7) is 1.87. The van der Waals surface area contributed by atoms with E-state index in [2.05, 4.69) is 9.97 Å². The van der Waals surface area contributed by atoms with Gasteiger partial charge in [0.05, 0.1) is 34.0 Å². The molecule has 3 aromatic heterocycles. The van der Waals surface area contributed by atoms with Crippen molar-refractivity contribution in [3.05, 3.63) is 59.6 Å². The number of rotatable bonds is 4. The molecule has 0 aliphatic rings. The van der Waals surface area contributed by atoms with E-state index in [1.54, 1.807) is 18.7 Å². The molecule has 0 spiro atoms. The van der Waals surface area contributed by atoms with E-state index in [0.29, 0.717) is 16.4 Å². The van der Waals surface area contributed by atoms with Gasteiger partial charge in [-0.1, -0.05) is 0 Å². The Labute approximate surface area is 153 Å². The summed E-state index contributed by atoms with van der Waals surface area (Å²) in [5.74, 6) is 0.864. The zero-order chi connectivity index (χ0) is 18.3. The van der Waals surface area contributed by atoms with E-state index in [9.17, 15) is 4.79 Å². The van der Waals surface area contributed by atoms with E-state index < -0.39 is 5.91 Å². The molecule has 0 atom stereocenters. The van der Waals surface area contributed by atoms with Crippen LogP contribution in [0.3, 0.4) is 0 Å². The molecule has 0 unspecified atom stereocenters. The number of imidazole rings is 1. The van der Waals surface area contributed by atoms with Crippen LogP contribution in [0.1, 0.15) is 15.2 Å². The quantitative estimate of drug-likeness (QED) is 0.595. The predicted octanol–water partition coefficient (Wildman–Crippen LogP) is 3.90. The number of carbonyl (C=O) groups excluding carboxylic acids is 1. The van der Waals surface area contributed by atoms with Gasteiger partial charge in [-0.2, -0.15) is 0 Å². The molecule has 0 saturated heterocycles. The van der Waals surface area contributed by atoms with Gasteiger partial charge in [-0.05, 0) is 36.8 Å². The summed E-state index contributed by atoms with van der Waals surface area (Å²) in [5.41, 5.74) is 8.36. The van der Waals surface area contributed by atoms with Crippen molar-refractivity contribution in [3.63, 3.8) is 0 Å². The Morgan fingerprint density at radius 3 is 2.58 bits per heavy atom. The summed E-state index contributed by atoms with van der Waals surface area (Å²) >= 11 is 1.33. The second kappa shape index (κ2) is 6.27. The molecule has 1 aromatic carbocycles. The fourth-order valence-electron chi connectivity index (χ4n) is 2.94. The molecule has 0 radical (unpaired) electrons. The molecule has 0 fully saturated rings. The molecule has 130 valence electrons. The summed E-state index contributed by atoms with van der Waals surface area (Å²) in [7, 11) is 1.95. The lowest BCUT2D eigenvalue weighted by Crippen LogP contribution is -2.09. The van der Waals surface area contributed by atoms with Crippen LogP contribution in [0.25, 0.3) is 21.3 Å². The molecular weight excluding hydrogens is 348 g/mol. The predicted molar refractivity (Wildman–Crippen MR) is 102 cm³/mol. The first-order valence-corrected chi connectivity index (χ1v) is 8.77. The summed E-state index contributed by atoms with van der Waals surface area (Å²) in [6.07, 6.45) is 6.96. The zero-order valence-corrected chi connectivity index (χ0v) is 15.1. The maximum absolute atomic E-state index is 11.6. The number of aryl methyl sites for hydroxylation is 2. The van der Waals surface area contributed by atoms with Crippen molar-refractivity contribution in [1.82, 2.24) is 14.5 Å². The van der Waals surface area contributed by atoms with Gasteiger partial charge < -0.3 is 15.0 Å². The maximum atomic E-state index is 11.6. The summed E-state index contributed by atoms with van der Waals surface area (Å²) in [4.78, 5) is 20.5. The number of pyridine rings is 1. The van der Waals surface area contributed by atoms with Gasteiger partial charge in [0.1, 0.15) is 5.75 Å². The van der Waals surface area contributed by atoms with E-state index >= 15 is 0 Å². The minimum absolute atomic E-state index is 0.435. The number of benzene rings is 1. The Hall–Kier alpha value is -3.19. The summed E-state index contributed by atoms with van der Waals surface area (Å²) in [6, 6.07) is 7.76. The van der Waals surface area contributed by atoms with E-state index in [-0.39, 0.29) is 0 Å². The van der Waals surface area contributed by atoms with Crippen LogP contribution in [0, 0.1) is 6.92 Å². The van der Waals surface area contributed by atoms with Crippen molar-refractivity contribution in [2.24, 2.45) is 12.8 Å². The van der Waals surface area contributed by atoms with Crippen LogP contribution in [-0.4, -0.2) is 20.4 Å². The average molecular weight is 364 g/mol. The molecule has 7 heteroatoms. The van der Waals surface area contributed by atoms with E-state index in [0.717, 1.165) is 26.9 Å². The SMILES string of the molecule is Cc1c(C(N)=O)sc2cncc(Oc3ccc(-c4cncn4C)cc3)c12. The van der Waals surface area contributed by atoms with Crippen LogP contribution in [0.4, 0.5) is 0 Å². The molecule has 0 bridgehead atoms. The van der Waals surface area contributed by atoms with E-state index in [1.165, 1.54) is 11.3 Å². The highest BCUT2D eigenvalue weighted by molar-refractivity contribution is 7.21. The van der Waals surface area contributed by atoms with Gasteiger partial charge in [0.25, 0.3) is 5.91 Å². The fourth-order valence-corrected chi connectivity index (χ4v) is 3.98. The second-order valence-corrected chi connectivity index (χ2v) is 7.00. The van der Waals surface area contributed by atoms with Gasteiger partial charge in [0.15, 0.2) is 5.75 Å². The normalized spacial score (nSPS) is 11.0. The van der Waals surface area contributed by atoms with Crippen LogP contribution >= 0.6 is 11.3 Å². The van der Waals surface area contributed by atoms with Crippen LogP contribution in [-0.2, 0) is 7.05 Å². The van der Waals surface area contributed by atoms with Gasteiger partial charge >= 0.3 is 0 Å². The van der Waals surface area contributed by atoms with Crippen molar-refractivity contribution < 1.29 is 9.53 Å². The first-order valence-electron chi connectivity index (χ1n) is 7.96. The van der Waals surface area contributed by atoms with E-state index in [4.69, 9.17) is 10.5 Å². The Morgan fingerprint density at radius 1 is 1.15 bits per heavy atom. The van der Waals surface area contributed by atoms with Crippen molar-refractivity contribution in [1.29, 1.82) is 0 Å². The van der Waals surface area contributed by atoms with Gasteiger partial charge in [-0.25, -0.2) is 4.98 Å². The largest absolute Gasteiger partial charge is 0.455 e. The third-order valence-corrected chi connectivity index (χ3v) is 5.46. The Balaban J connectivity index is 1.69. The summed E-state index contributed by atoms with van der Waals surface area (Å²) < 4.78 is 8.87. The number of hydrogen-bond acceptors (Lipinski definition) is 5. The lowest BCUT2D eigenvalue weighted by molar-refractivity contribution is 0.100. The van der Waals surface area contributed by atoms with Gasteiger partial charge in [-0.3, -0.25) is 9.78 Å². The minimum atomic E-state index is -0.435. The second-order valence-electron chi connectivity index (χ2n) is 5.95. The Bertz CT molecular complexity index is 1110. The van der Waals surface area contributed by atoms with Gasteiger partial charge in [0, 0.05) is 24.2 Å². The number of fused-ring (bicyclic) bond motifs is 1. The van der Waals surface area contributed by atoms with Crippen LogP contribution in [0.5, 0.6) is 11.5 Å². The number of nitrogens with zero attached hydrogens (tertiary/aromatic N) is 3. The molecule has 0 saturated carbocycles. The number of hydrogen-bond donors (Lipinski definition) is 1. The maximum Gasteiger partial charge on any atom is 0.259 e. The standard InChI is InChI=1S/C19H16N4O2S/c1-11-17-15(8-21-9-16(17)26-18(11)19(20)24)25-13-5-3-12(4-6-13)14-7-22-10-23(14)2/h3-10H,1-2H3,(H2,20,24).